The van der Waals surface area contributed by atoms with Gasteiger partial charge < -0.3 is 15.4 Å². The number of methoxy groups -OCH3 is 1. The molecule has 1 aliphatic heterocycles. The number of piperidine rings is 1. The van der Waals surface area contributed by atoms with Crippen molar-refractivity contribution in [1.29, 1.82) is 0 Å². The molecule has 0 aromatic heterocycles. The lowest BCUT2D eigenvalue weighted by atomic mass is 9.99. The molecule has 90 valence electrons. The van der Waals surface area contributed by atoms with Crippen LogP contribution in [0.1, 0.15) is 32.1 Å². The number of nitrogens with two attached hydrogens (primary N) is 1. The van der Waals surface area contributed by atoms with Gasteiger partial charge in [-0.3, -0.25) is 0 Å². The van der Waals surface area contributed by atoms with Crippen LogP contribution in [0.15, 0.2) is 0 Å². The summed E-state index contributed by atoms with van der Waals surface area (Å²) in [4.78, 5) is 2.59. The number of hydrogen-bond donors (Lipinski definition) is 1. The second-order valence-electron chi connectivity index (χ2n) is 4.61. The van der Waals surface area contributed by atoms with Crippen LogP contribution in [0.4, 0.5) is 0 Å². The quantitative estimate of drug-likeness (QED) is 0.652. The average molecular weight is 214 g/mol. The summed E-state index contributed by atoms with van der Waals surface area (Å²) >= 11 is 0. The van der Waals surface area contributed by atoms with E-state index in [4.69, 9.17) is 10.5 Å². The summed E-state index contributed by atoms with van der Waals surface area (Å²) in [6, 6.07) is 0. The molecular formula is C12H26N2O. The van der Waals surface area contributed by atoms with E-state index in [1.54, 1.807) is 7.11 Å². The Bertz CT molecular complexity index is 151. The zero-order chi connectivity index (χ0) is 10.9. The lowest BCUT2D eigenvalue weighted by Gasteiger charge is -2.32. The zero-order valence-corrected chi connectivity index (χ0v) is 10.1. The van der Waals surface area contributed by atoms with Crippen molar-refractivity contribution in [3.63, 3.8) is 0 Å². The van der Waals surface area contributed by atoms with E-state index in [-0.39, 0.29) is 0 Å². The minimum atomic E-state index is 0.762. The highest BCUT2D eigenvalue weighted by atomic mass is 16.5. The highest BCUT2D eigenvalue weighted by molar-refractivity contribution is 4.72. The van der Waals surface area contributed by atoms with E-state index >= 15 is 0 Å². The molecule has 3 nitrogen and oxygen atoms in total. The molecule has 0 amide bonds. The van der Waals surface area contributed by atoms with E-state index in [0.717, 1.165) is 19.1 Å². The van der Waals surface area contributed by atoms with Crippen molar-refractivity contribution in [2.45, 2.75) is 32.1 Å². The maximum Gasteiger partial charge on any atom is 0.0502 e. The minimum Gasteiger partial charge on any atom is -0.384 e. The van der Waals surface area contributed by atoms with Crippen LogP contribution < -0.4 is 5.73 Å². The van der Waals surface area contributed by atoms with Gasteiger partial charge in [0.05, 0.1) is 6.61 Å². The molecular weight excluding hydrogens is 188 g/mol. The van der Waals surface area contributed by atoms with Gasteiger partial charge in [-0.25, -0.2) is 0 Å². The predicted molar refractivity (Wildman–Crippen MR) is 63.9 cm³/mol. The first kappa shape index (κ1) is 12.9. The topological polar surface area (TPSA) is 38.5 Å². The zero-order valence-electron chi connectivity index (χ0n) is 10.1. The molecule has 2 N–H and O–H groups in total. The Morgan fingerprint density at radius 3 is 2.93 bits per heavy atom. The van der Waals surface area contributed by atoms with Crippen LogP contribution in [-0.2, 0) is 4.74 Å². The molecule has 15 heavy (non-hydrogen) atoms. The number of hydrogen-bond acceptors (Lipinski definition) is 3. The van der Waals surface area contributed by atoms with Gasteiger partial charge in [0.1, 0.15) is 0 Å². The van der Waals surface area contributed by atoms with E-state index in [9.17, 15) is 0 Å². The third-order valence-electron chi connectivity index (χ3n) is 3.18. The van der Waals surface area contributed by atoms with Crippen LogP contribution in [0.5, 0.6) is 0 Å². The molecule has 0 radical (unpaired) electrons. The molecule has 0 aromatic carbocycles. The van der Waals surface area contributed by atoms with Gasteiger partial charge in [0.15, 0.2) is 0 Å². The first-order chi connectivity index (χ1) is 7.36. The summed E-state index contributed by atoms with van der Waals surface area (Å²) in [5.41, 5.74) is 5.48. The molecule has 0 aromatic rings. The smallest absolute Gasteiger partial charge is 0.0502 e. The van der Waals surface area contributed by atoms with Crippen molar-refractivity contribution < 1.29 is 4.74 Å². The molecule has 1 heterocycles. The van der Waals surface area contributed by atoms with Crippen LogP contribution in [0.2, 0.25) is 0 Å². The Morgan fingerprint density at radius 1 is 1.33 bits per heavy atom. The number of likely N-dealkylation sites (tertiary alicyclic amines) is 1. The minimum absolute atomic E-state index is 0.762. The summed E-state index contributed by atoms with van der Waals surface area (Å²) in [6.45, 7) is 5.53. The van der Waals surface area contributed by atoms with Gasteiger partial charge in [-0.15, -0.1) is 0 Å². The first-order valence-corrected chi connectivity index (χ1v) is 6.28. The van der Waals surface area contributed by atoms with Gasteiger partial charge in [-0.1, -0.05) is 6.42 Å². The summed E-state index contributed by atoms with van der Waals surface area (Å²) in [6.07, 6.45) is 6.44. The van der Waals surface area contributed by atoms with Crippen LogP contribution in [-0.4, -0.2) is 44.8 Å². The SMILES string of the molecule is COCC1CCCN(CCCCCN)C1. The second-order valence-corrected chi connectivity index (χ2v) is 4.61. The highest BCUT2D eigenvalue weighted by Gasteiger charge is 2.18. The molecule has 1 saturated heterocycles. The maximum absolute atomic E-state index is 5.48. The van der Waals surface area contributed by atoms with Crippen molar-refractivity contribution in [3.8, 4) is 0 Å². The number of nitrogens with zero attached hydrogens (tertiary/aromatic N) is 1. The summed E-state index contributed by atoms with van der Waals surface area (Å²) in [5.74, 6) is 0.762. The normalized spacial score (nSPS) is 23.2. The fraction of sp³-hybridized carbons (Fsp3) is 1.00. The lowest BCUT2D eigenvalue weighted by Crippen LogP contribution is -2.37. The van der Waals surface area contributed by atoms with Crippen LogP contribution in [0.3, 0.4) is 0 Å². The summed E-state index contributed by atoms with van der Waals surface area (Å²) in [7, 11) is 1.81. The van der Waals surface area contributed by atoms with Crippen LogP contribution >= 0.6 is 0 Å². The van der Waals surface area contributed by atoms with Gasteiger partial charge in [-0.05, 0) is 51.2 Å². The van der Waals surface area contributed by atoms with E-state index < -0.39 is 0 Å². The monoisotopic (exact) mass is 214 g/mol. The fourth-order valence-corrected chi connectivity index (χ4v) is 2.38. The Labute approximate surface area is 94.0 Å². The van der Waals surface area contributed by atoms with Crippen LogP contribution in [0, 0.1) is 5.92 Å². The number of ether oxygens (including phenoxy) is 1. The Kier molecular flexibility index (Phi) is 6.98. The van der Waals surface area contributed by atoms with Crippen molar-refractivity contribution in [1.82, 2.24) is 4.90 Å². The van der Waals surface area contributed by atoms with E-state index in [1.165, 1.54) is 51.7 Å². The first-order valence-electron chi connectivity index (χ1n) is 6.28. The molecule has 1 atom stereocenters. The molecule has 0 spiro atoms. The summed E-state index contributed by atoms with van der Waals surface area (Å²) in [5, 5.41) is 0. The lowest BCUT2D eigenvalue weighted by molar-refractivity contribution is 0.0898. The van der Waals surface area contributed by atoms with Crippen LogP contribution in [0.25, 0.3) is 0 Å². The van der Waals surface area contributed by atoms with Gasteiger partial charge in [-0.2, -0.15) is 0 Å². The van der Waals surface area contributed by atoms with Crippen molar-refractivity contribution in [2.75, 3.05) is 39.9 Å². The van der Waals surface area contributed by atoms with E-state index in [0.29, 0.717) is 0 Å². The molecule has 0 aliphatic carbocycles. The van der Waals surface area contributed by atoms with Crippen molar-refractivity contribution >= 4 is 0 Å². The molecule has 1 fully saturated rings. The maximum atomic E-state index is 5.48. The Balaban J connectivity index is 2.07. The molecule has 0 saturated carbocycles. The molecule has 1 aliphatic rings. The van der Waals surface area contributed by atoms with Gasteiger partial charge >= 0.3 is 0 Å². The van der Waals surface area contributed by atoms with E-state index in [1.807, 2.05) is 0 Å². The Hall–Kier alpha value is -0.120. The fourth-order valence-electron chi connectivity index (χ4n) is 2.38. The second kappa shape index (κ2) is 8.08. The van der Waals surface area contributed by atoms with Gasteiger partial charge in [0.2, 0.25) is 0 Å². The third-order valence-corrected chi connectivity index (χ3v) is 3.18. The molecule has 0 bridgehead atoms. The molecule has 3 heteroatoms. The number of rotatable bonds is 7. The molecule has 1 unspecified atom stereocenters. The van der Waals surface area contributed by atoms with Crippen molar-refractivity contribution in [3.05, 3.63) is 0 Å². The third kappa shape index (κ3) is 5.50. The van der Waals surface area contributed by atoms with E-state index in [2.05, 4.69) is 4.90 Å². The highest BCUT2D eigenvalue weighted by Crippen LogP contribution is 2.16. The number of unbranched alkanes of at least 4 members (excludes halogenated alkanes) is 2. The standard InChI is InChI=1S/C12H26N2O/c1-15-11-12-6-5-9-14(10-12)8-4-2-3-7-13/h12H,2-11,13H2,1H3. The average Bonchev–Trinajstić information content (AvgIpc) is 2.26. The van der Waals surface area contributed by atoms with Gasteiger partial charge in [0, 0.05) is 13.7 Å². The Morgan fingerprint density at radius 2 is 2.20 bits per heavy atom. The summed E-state index contributed by atoms with van der Waals surface area (Å²) < 4.78 is 5.23. The largest absolute Gasteiger partial charge is 0.384 e. The predicted octanol–water partition coefficient (Wildman–Crippen LogP) is 1.47. The molecule has 1 rings (SSSR count). The van der Waals surface area contributed by atoms with Gasteiger partial charge in [0.25, 0.3) is 0 Å². The van der Waals surface area contributed by atoms with Crippen molar-refractivity contribution in [2.24, 2.45) is 11.7 Å².